The molecule has 32 heavy (non-hydrogen) atoms. The number of nitrogens with one attached hydrogen (secondary N) is 1. The van der Waals surface area contributed by atoms with Gasteiger partial charge in [-0.3, -0.25) is 9.20 Å². The van der Waals surface area contributed by atoms with Gasteiger partial charge in [-0.1, -0.05) is 53.0 Å². The molecule has 0 spiro atoms. The van der Waals surface area contributed by atoms with E-state index in [4.69, 9.17) is 34.8 Å². The molecular formula is C19H18Cl3N5O3S2. The minimum atomic E-state index is -3.65. The van der Waals surface area contributed by atoms with Crippen molar-refractivity contribution < 1.29 is 13.2 Å². The molecule has 1 amide bonds. The number of piperidine rings is 1. The van der Waals surface area contributed by atoms with E-state index in [1.807, 2.05) is 0 Å². The van der Waals surface area contributed by atoms with Crippen LogP contribution in [0.5, 0.6) is 0 Å². The maximum Gasteiger partial charge on any atom is 0.243 e. The van der Waals surface area contributed by atoms with E-state index in [1.54, 1.807) is 16.7 Å². The molecule has 1 saturated heterocycles. The van der Waals surface area contributed by atoms with Crippen molar-refractivity contribution in [2.45, 2.75) is 29.3 Å². The largest absolute Gasteiger partial charge is 0.324 e. The molecule has 1 aliphatic rings. The highest BCUT2D eigenvalue weighted by Crippen LogP contribution is 2.29. The lowest BCUT2D eigenvalue weighted by atomic mass is 10.2. The fraction of sp³-hybridized carbons (Fsp3) is 0.316. The third kappa shape index (κ3) is 5.00. The molecule has 1 aliphatic heterocycles. The minimum absolute atomic E-state index is 0.00957. The second-order valence-corrected chi connectivity index (χ2v) is 11.3. The van der Waals surface area contributed by atoms with E-state index in [0.717, 1.165) is 31.0 Å². The summed E-state index contributed by atoms with van der Waals surface area (Å²) in [4.78, 5) is 12.6. The molecule has 1 fully saturated rings. The first kappa shape index (κ1) is 23.6. The number of thioether (sulfide) groups is 1. The van der Waals surface area contributed by atoms with Crippen LogP contribution in [0.3, 0.4) is 0 Å². The number of hydrogen-bond acceptors (Lipinski definition) is 6. The zero-order valence-corrected chi connectivity index (χ0v) is 20.5. The van der Waals surface area contributed by atoms with Crippen LogP contribution in [0.1, 0.15) is 19.3 Å². The van der Waals surface area contributed by atoms with Gasteiger partial charge in [0.1, 0.15) is 0 Å². The second kappa shape index (κ2) is 9.74. The van der Waals surface area contributed by atoms with Gasteiger partial charge in [0, 0.05) is 19.3 Å². The summed E-state index contributed by atoms with van der Waals surface area (Å²) >= 11 is 19.5. The number of rotatable bonds is 6. The maximum atomic E-state index is 12.9. The predicted octanol–water partition coefficient (Wildman–Crippen LogP) is 4.59. The Hall–Kier alpha value is -1.56. The Labute approximate surface area is 204 Å². The zero-order chi connectivity index (χ0) is 22.9. The fourth-order valence-electron chi connectivity index (χ4n) is 3.33. The molecule has 4 rings (SSSR count). The van der Waals surface area contributed by atoms with Crippen LogP contribution in [0.25, 0.3) is 5.65 Å². The molecule has 170 valence electrons. The molecule has 0 saturated carbocycles. The molecular weight excluding hydrogens is 517 g/mol. The number of amides is 1. The predicted molar refractivity (Wildman–Crippen MR) is 126 cm³/mol. The standard InChI is InChI=1S/C19H18Cl3N5O3S2/c20-12-8-15(22)18-24-25-19(27(18)10-12)31-11-17(28)23-16-9-13(4-5-14(16)21)32(29,30)26-6-2-1-3-7-26/h4-5,8-10H,1-3,6-7,11H2,(H,23,28). The normalized spacial score (nSPS) is 15.2. The molecule has 1 N–H and O–H groups in total. The van der Waals surface area contributed by atoms with E-state index < -0.39 is 10.0 Å². The number of sulfonamides is 1. The molecule has 0 aliphatic carbocycles. The number of hydrogen-bond donors (Lipinski definition) is 1. The lowest BCUT2D eigenvalue weighted by Gasteiger charge is -2.26. The summed E-state index contributed by atoms with van der Waals surface area (Å²) in [6, 6.07) is 5.87. The van der Waals surface area contributed by atoms with Crippen molar-refractivity contribution in [3.8, 4) is 0 Å². The van der Waals surface area contributed by atoms with Crippen molar-refractivity contribution >= 4 is 73.8 Å². The zero-order valence-electron chi connectivity index (χ0n) is 16.6. The minimum Gasteiger partial charge on any atom is -0.324 e. The summed E-state index contributed by atoms with van der Waals surface area (Å²) < 4.78 is 28.9. The van der Waals surface area contributed by atoms with Crippen molar-refractivity contribution in [2.75, 3.05) is 24.2 Å². The molecule has 0 radical (unpaired) electrons. The van der Waals surface area contributed by atoms with E-state index in [9.17, 15) is 13.2 Å². The third-order valence-corrected chi connectivity index (χ3v) is 8.54. The van der Waals surface area contributed by atoms with Crippen LogP contribution >= 0.6 is 46.6 Å². The van der Waals surface area contributed by atoms with Crippen molar-refractivity contribution in [2.24, 2.45) is 0 Å². The lowest BCUT2D eigenvalue weighted by Crippen LogP contribution is -2.35. The number of fused-ring (bicyclic) bond motifs is 1. The first-order chi connectivity index (χ1) is 15.3. The Morgan fingerprint density at radius 1 is 1.06 bits per heavy atom. The SMILES string of the molecule is O=C(CSc1nnc2c(Cl)cc(Cl)cn12)Nc1cc(S(=O)(=O)N2CCCCC2)ccc1Cl. The highest BCUT2D eigenvalue weighted by molar-refractivity contribution is 7.99. The van der Waals surface area contributed by atoms with Gasteiger partial charge in [-0.05, 0) is 37.1 Å². The number of halogens is 3. The van der Waals surface area contributed by atoms with E-state index >= 15 is 0 Å². The summed E-state index contributed by atoms with van der Waals surface area (Å²) in [5.41, 5.74) is 0.658. The van der Waals surface area contributed by atoms with Crippen LogP contribution in [0.2, 0.25) is 15.1 Å². The smallest absolute Gasteiger partial charge is 0.243 e. The summed E-state index contributed by atoms with van der Waals surface area (Å²) in [6.07, 6.45) is 4.29. The Balaban J connectivity index is 1.47. The van der Waals surface area contributed by atoms with Crippen LogP contribution in [0.15, 0.2) is 40.5 Å². The van der Waals surface area contributed by atoms with Crippen LogP contribution in [-0.2, 0) is 14.8 Å². The first-order valence-corrected chi connectivity index (χ1v) is 13.2. The van der Waals surface area contributed by atoms with Gasteiger partial charge in [0.2, 0.25) is 15.9 Å². The van der Waals surface area contributed by atoms with Crippen LogP contribution < -0.4 is 5.32 Å². The molecule has 0 unspecified atom stereocenters. The molecule has 13 heteroatoms. The quantitative estimate of drug-likeness (QED) is 0.465. The fourth-order valence-corrected chi connectivity index (χ4v) is 6.26. The number of carbonyl (C=O) groups is 1. The summed E-state index contributed by atoms with van der Waals surface area (Å²) in [7, 11) is -3.65. The van der Waals surface area contributed by atoms with Gasteiger partial charge in [0.05, 0.1) is 31.4 Å². The summed E-state index contributed by atoms with van der Waals surface area (Å²) in [5.74, 6) is -0.390. The van der Waals surface area contributed by atoms with Crippen molar-refractivity contribution in [3.05, 3.63) is 45.5 Å². The second-order valence-electron chi connectivity index (χ2n) is 7.13. The molecule has 0 atom stereocenters. The number of anilines is 1. The number of carbonyl (C=O) groups excluding carboxylic acids is 1. The van der Waals surface area contributed by atoms with E-state index in [-0.39, 0.29) is 27.3 Å². The molecule has 8 nitrogen and oxygen atoms in total. The van der Waals surface area contributed by atoms with Gasteiger partial charge >= 0.3 is 0 Å². The average molecular weight is 535 g/mol. The Kier molecular flexibility index (Phi) is 7.18. The Bertz CT molecular complexity index is 1280. The highest BCUT2D eigenvalue weighted by atomic mass is 35.5. The van der Waals surface area contributed by atoms with E-state index in [0.29, 0.717) is 33.9 Å². The summed E-state index contributed by atoms with van der Waals surface area (Å²) in [6.45, 7) is 0.979. The number of aromatic nitrogens is 3. The van der Waals surface area contributed by atoms with Gasteiger partial charge in [0.25, 0.3) is 0 Å². The van der Waals surface area contributed by atoms with Crippen molar-refractivity contribution in [1.29, 1.82) is 0 Å². The molecule has 3 aromatic rings. The summed E-state index contributed by atoms with van der Waals surface area (Å²) in [5, 5.41) is 12.1. The van der Waals surface area contributed by atoms with Gasteiger partial charge < -0.3 is 5.32 Å². The van der Waals surface area contributed by atoms with Gasteiger partial charge in [-0.25, -0.2) is 8.42 Å². The van der Waals surface area contributed by atoms with Crippen LogP contribution in [0.4, 0.5) is 5.69 Å². The Morgan fingerprint density at radius 2 is 1.81 bits per heavy atom. The number of nitrogens with zero attached hydrogens (tertiary/aromatic N) is 4. The van der Waals surface area contributed by atoms with Gasteiger partial charge in [-0.2, -0.15) is 4.31 Å². The van der Waals surface area contributed by atoms with E-state index in [1.165, 1.54) is 22.5 Å². The third-order valence-electron chi connectivity index (χ3n) is 4.89. The molecule has 1 aromatic carbocycles. The topological polar surface area (TPSA) is 96.7 Å². The highest BCUT2D eigenvalue weighted by Gasteiger charge is 2.26. The van der Waals surface area contributed by atoms with Crippen LogP contribution in [0, 0.1) is 0 Å². The lowest BCUT2D eigenvalue weighted by molar-refractivity contribution is -0.113. The first-order valence-electron chi connectivity index (χ1n) is 9.68. The average Bonchev–Trinajstić information content (AvgIpc) is 3.17. The maximum absolute atomic E-state index is 12.9. The van der Waals surface area contributed by atoms with E-state index in [2.05, 4.69) is 15.5 Å². The van der Waals surface area contributed by atoms with Gasteiger partial charge in [-0.15, -0.1) is 10.2 Å². The van der Waals surface area contributed by atoms with Crippen LogP contribution in [-0.4, -0.2) is 52.1 Å². The number of benzene rings is 1. The molecule has 0 bridgehead atoms. The monoisotopic (exact) mass is 533 g/mol. The van der Waals surface area contributed by atoms with Gasteiger partial charge in [0.15, 0.2) is 10.8 Å². The molecule has 3 heterocycles. The number of pyridine rings is 1. The Morgan fingerprint density at radius 3 is 2.56 bits per heavy atom. The molecule has 2 aromatic heterocycles. The van der Waals surface area contributed by atoms with Crippen molar-refractivity contribution in [1.82, 2.24) is 18.9 Å². The van der Waals surface area contributed by atoms with Crippen molar-refractivity contribution in [3.63, 3.8) is 0 Å².